The van der Waals surface area contributed by atoms with E-state index in [4.69, 9.17) is 16.2 Å². The van der Waals surface area contributed by atoms with E-state index in [-0.39, 0.29) is 23.5 Å². The van der Waals surface area contributed by atoms with Crippen LogP contribution in [0.15, 0.2) is 36.2 Å². The first-order valence-corrected chi connectivity index (χ1v) is 12.4. The topological polar surface area (TPSA) is 169 Å². The maximum absolute atomic E-state index is 12.2. The number of nitrogens with two attached hydrogens (primary N) is 2. The zero-order valence-corrected chi connectivity index (χ0v) is 21.4. The monoisotopic (exact) mass is 500 g/mol. The first-order chi connectivity index (χ1) is 17.4. The summed E-state index contributed by atoms with van der Waals surface area (Å²) in [7, 11) is 1.86. The fourth-order valence-corrected chi connectivity index (χ4v) is 3.66. The molecule has 0 saturated carbocycles. The van der Waals surface area contributed by atoms with Crippen LogP contribution in [0.2, 0.25) is 0 Å². The van der Waals surface area contributed by atoms with Crippen LogP contribution in [0, 0.1) is 0 Å². The van der Waals surface area contributed by atoms with E-state index in [1.165, 1.54) is 6.20 Å². The highest BCUT2D eigenvalue weighted by atomic mass is 16.5. The van der Waals surface area contributed by atoms with Gasteiger partial charge in [0.25, 0.3) is 5.91 Å². The summed E-state index contributed by atoms with van der Waals surface area (Å²) in [5.41, 5.74) is 13.3. The summed E-state index contributed by atoms with van der Waals surface area (Å²) < 4.78 is 5.44. The first-order valence-electron chi connectivity index (χ1n) is 12.4. The number of aromatic nitrogens is 2. The predicted molar refractivity (Wildman–Crippen MR) is 142 cm³/mol. The van der Waals surface area contributed by atoms with E-state index in [9.17, 15) is 9.59 Å². The predicted octanol–water partition coefficient (Wildman–Crippen LogP) is 1.56. The fourth-order valence-electron chi connectivity index (χ4n) is 3.66. The van der Waals surface area contributed by atoms with Gasteiger partial charge in [0.05, 0.1) is 5.69 Å². The molecule has 2 amide bonds. The largest absolute Gasteiger partial charge is 0.405 e. The number of nitrogens with zero attached hydrogens (tertiary/aromatic N) is 2. The molecule has 8 N–H and O–H groups in total. The van der Waals surface area contributed by atoms with Crippen molar-refractivity contribution >= 4 is 23.5 Å². The van der Waals surface area contributed by atoms with Gasteiger partial charge < -0.3 is 37.5 Å². The lowest BCUT2D eigenvalue weighted by Crippen LogP contribution is -2.29. The summed E-state index contributed by atoms with van der Waals surface area (Å²) >= 11 is 0. The molecule has 0 unspecified atom stereocenters. The van der Waals surface area contributed by atoms with Gasteiger partial charge in [0.1, 0.15) is 0 Å². The minimum Gasteiger partial charge on any atom is -0.405 e. The van der Waals surface area contributed by atoms with Gasteiger partial charge in [-0.1, -0.05) is 19.1 Å². The standard InChI is InChI=1S/C25H40N8O3/c1-4-20-24(30-18-9-14-36-15-10-18)33-25(22(32-20)23(27)35)31-19(7-11-26)16-17(2)8-13-29-21(34)6-5-12-28-3/h7,11,16,18,28H,2,4-6,8-10,12-15,26H2,1,3H3,(H2,27,35)(H,29,34)(H2,30,31,33)/b11-7-,19-16+. The third kappa shape index (κ3) is 9.67. The molecule has 0 radical (unpaired) electrons. The molecule has 0 aromatic carbocycles. The second-order valence-corrected chi connectivity index (χ2v) is 8.51. The van der Waals surface area contributed by atoms with E-state index in [1.807, 2.05) is 14.0 Å². The highest BCUT2D eigenvalue weighted by Gasteiger charge is 2.21. The molecular formula is C25H40N8O3. The Hall–Kier alpha value is -3.44. The zero-order chi connectivity index (χ0) is 26.3. The van der Waals surface area contributed by atoms with Crippen molar-refractivity contribution in [3.8, 4) is 0 Å². The average molecular weight is 501 g/mol. The van der Waals surface area contributed by atoms with Gasteiger partial charge in [-0.2, -0.15) is 0 Å². The molecule has 1 fully saturated rings. The lowest BCUT2D eigenvalue weighted by atomic mass is 10.1. The third-order valence-electron chi connectivity index (χ3n) is 5.60. The Bertz CT molecular complexity index is 955. The molecule has 11 heteroatoms. The van der Waals surface area contributed by atoms with Gasteiger partial charge in [-0.15, -0.1) is 0 Å². The first kappa shape index (κ1) is 28.8. The lowest BCUT2D eigenvalue weighted by Gasteiger charge is -2.25. The Morgan fingerprint density at radius 1 is 1.17 bits per heavy atom. The number of aryl methyl sites for hydroxylation is 1. The molecule has 11 nitrogen and oxygen atoms in total. The molecule has 1 aliphatic rings. The van der Waals surface area contributed by atoms with Crippen molar-refractivity contribution in [2.24, 2.45) is 11.5 Å². The summed E-state index contributed by atoms with van der Waals surface area (Å²) in [6.07, 6.45) is 8.88. The molecule has 0 atom stereocenters. The van der Waals surface area contributed by atoms with Crippen LogP contribution in [0.4, 0.5) is 11.6 Å². The van der Waals surface area contributed by atoms with Crippen LogP contribution in [0.3, 0.4) is 0 Å². The second kappa shape index (κ2) is 15.5. The minimum atomic E-state index is -0.687. The van der Waals surface area contributed by atoms with Crippen molar-refractivity contribution in [3.63, 3.8) is 0 Å². The van der Waals surface area contributed by atoms with Crippen molar-refractivity contribution in [3.05, 3.63) is 47.6 Å². The molecule has 0 aliphatic carbocycles. The number of anilines is 2. The molecule has 198 valence electrons. The number of hydrogen-bond acceptors (Lipinski definition) is 9. The van der Waals surface area contributed by atoms with E-state index < -0.39 is 5.91 Å². The van der Waals surface area contributed by atoms with Gasteiger partial charge in [0, 0.05) is 37.9 Å². The lowest BCUT2D eigenvalue weighted by molar-refractivity contribution is -0.121. The van der Waals surface area contributed by atoms with Gasteiger partial charge in [-0.05, 0) is 64.0 Å². The number of primary amides is 1. The third-order valence-corrected chi connectivity index (χ3v) is 5.60. The Labute approximate surface area is 213 Å². The van der Waals surface area contributed by atoms with Crippen molar-refractivity contribution in [1.29, 1.82) is 0 Å². The Morgan fingerprint density at radius 2 is 1.92 bits per heavy atom. The number of amides is 2. The minimum absolute atomic E-state index is 0.00387. The van der Waals surface area contributed by atoms with E-state index in [1.54, 1.807) is 12.2 Å². The number of allylic oxidation sites excluding steroid dienone is 2. The molecule has 36 heavy (non-hydrogen) atoms. The number of rotatable bonds is 15. The molecular weight excluding hydrogens is 460 g/mol. The maximum atomic E-state index is 12.2. The highest BCUT2D eigenvalue weighted by molar-refractivity contribution is 5.96. The van der Waals surface area contributed by atoms with E-state index >= 15 is 0 Å². The number of hydrogen-bond donors (Lipinski definition) is 6. The molecule has 1 aromatic heterocycles. The van der Waals surface area contributed by atoms with Crippen LogP contribution in [0.5, 0.6) is 0 Å². The Balaban J connectivity index is 2.15. The van der Waals surface area contributed by atoms with Crippen molar-refractivity contribution in [1.82, 2.24) is 20.6 Å². The van der Waals surface area contributed by atoms with E-state index in [0.717, 1.165) is 31.4 Å². The van der Waals surface area contributed by atoms with Crippen LogP contribution in [-0.2, 0) is 16.0 Å². The van der Waals surface area contributed by atoms with Gasteiger partial charge >= 0.3 is 0 Å². The molecule has 2 heterocycles. The maximum Gasteiger partial charge on any atom is 0.271 e. The SMILES string of the molecule is C=C(/C=C(\C=C/N)Nc1nc(NC2CCOCC2)c(CC)nc1C(N)=O)CCNC(=O)CCCNC. The quantitative estimate of drug-likeness (QED) is 0.154. The normalized spacial score (nSPS) is 14.6. The summed E-state index contributed by atoms with van der Waals surface area (Å²) in [5, 5.41) is 12.5. The van der Waals surface area contributed by atoms with E-state index in [0.29, 0.717) is 56.2 Å². The van der Waals surface area contributed by atoms with Crippen molar-refractivity contribution in [2.75, 3.05) is 44.0 Å². The summed E-state index contributed by atoms with van der Waals surface area (Å²) in [4.78, 5) is 33.2. The molecule has 1 saturated heterocycles. The summed E-state index contributed by atoms with van der Waals surface area (Å²) in [6.45, 7) is 8.64. The second-order valence-electron chi connectivity index (χ2n) is 8.51. The number of ether oxygens (including phenoxy) is 1. The average Bonchev–Trinajstić information content (AvgIpc) is 2.85. The number of carbonyl (C=O) groups is 2. The number of nitrogens with one attached hydrogen (secondary N) is 4. The molecule has 2 rings (SSSR count). The molecule has 0 spiro atoms. The van der Waals surface area contributed by atoms with Crippen LogP contribution in [-0.4, -0.2) is 61.2 Å². The van der Waals surface area contributed by atoms with Crippen molar-refractivity contribution < 1.29 is 14.3 Å². The van der Waals surface area contributed by atoms with E-state index in [2.05, 4.69) is 37.8 Å². The summed E-state index contributed by atoms with van der Waals surface area (Å²) in [6, 6.07) is 0.206. The highest BCUT2D eigenvalue weighted by Crippen LogP contribution is 2.23. The summed E-state index contributed by atoms with van der Waals surface area (Å²) in [5.74, 6) is 0.148. The molecule has 1 aliphatic heterocycles. The van der Waals surface area contributed by atoms with Crippen LogP contribution in [0.1, 0.15) is 55.2 Å². The fraction of sp³-hybridized carbons (Fsp3) is 0.520. The Morgan fingerprint density at radius 3 is 2.56 bits per heavy atom. The van der Waals surface area contributed by atoms with Crippen molar-refractivity contribution in [2.45, 2.75) is 51.5 Å². The van der Waals surface area contributed by atoms with Gasteiger partial charge in [0.2, 0.25) is 5.91 Å². The smallest absolute Gasteiger partial charge is 0.271 e. The zero-order valence-electron chi connectivity index (χ0n) is 21.4. The van der Waals surface area contributed by atoms with Gasteiger partial charge in [-0.3, -0.25) is 9.59 Å². The van der Waals surface area contributed by atoms with Gasteiger partial charge in [0.15, 0.2) is 17.3 Å². The van der Waals surface area contributed by atoms with Crippen LogP contribution >= 0.6 is 0 Å². The molecule has 1 aromatic rings. The van der Waals surface area contributed by atoms with Crippen LogP contribution in [0.25, 0.3) is 0 Å². The Kier molecular flexibility index (Phi) is 12.4. The van der Waals surface area contributed by atoms with Crippen LogP contribution < -0.4 is 32.7 Å². The molecule has 0 bridgehead atoms. The number of carbonyl (C=O) groups excluding carboxylic acids is 2. The van der Waals surface area contributed by atoms with Gasteiger partial charge in [-0.25, -0.2) is 9.97 Å².